The van der Waals surface area contributed by atoms with Crippen LogP contribution in [0.1, 0.15) is 6.92 Å². The molecule has 1 unspecified atom stereocenters. The van der Waals surface area contributed by atoms with Crippen LogP contribution >= 0.6 is 12.2 Å². The maximum absolute atomic E-state index is 11.6. The quantitative estimate of drug-likeness (QED) is 0.719. The first-order valence-corrected chi connectivity index (χ1v) is 5.97. The Bertz CT molecular complexity index is 445. The van der Waals surface area contributed by atoms with Gasteiger partial charge in [0.25, 0.3) is 0 Å². The molecule has 0 aliphatic carbocycles. The molecule has 0 saturated heterocycles. The molecule has 0 spiro atoms. The lowest BCUT2D eigenvalue weighted by molar-refractivity contribution is 0.598. The average molecular weight is 246 g/mol. The van der Waals surface area contributed by atoms with E-state index >= 15 is 0 Å². The molecule has 0 aliphatic rings. The van der Waals surface area contributed by atoms with Crippen molar-refractivity contribution in [3.63, 3.8) is 0 Å². The standard InChI is InChI=1S/C7H10N4O2S2/c1-5(7(8)14)15(12,13)11-6-3-2-4-9-10-6/h2-5H,1H3,(H2,8,14)(H,10,11). The summed E-state index contributed by atoms with van der Waals surface area (Å²) in [5, 5.41) is 6.16. The molecule has 8 heteroatoms. The molecule has 0 amide bonds. The van der Waals surface area contributed by atoms with Crippen molar-refractivity contribution >= 4 is 33.0 Å². The Morgan fingerprint density at radius 2 is 2.33 bits per heavy atom. The zero-order valence-corrected chi connectivity index (χ0v) is 9.55. The second kappa shape index (κ2) is 4.49. The molecule has 15 heavy (non-hydrogen) atoms. The minimum absolute atomic E-state index is 0.0913. The Kier molecular flexibility index (Phi) is 3.53. The fourth-order valence-corrected chi connectivity index (χ4v) is 2.01. The van der Waals surface area contributed by atoms with Crippen molar-refractivity contribution in [2.24, 2.45) is 5.73 Å². The van der Waals surface area contributed by atoms with Crippen molar-refractivity contribution in [3.8, 4) is 0 Å². The second-order valence-corrected chi connectivity index (χ2v) is 5.27. The molecule has 0 bridgehead atoms. The first-order chi connectivity index (χ1) is 6.93. The minimum atomic E-state index is -3.63. The van der Waals surface area contributed by atoms with E-state index < -0.39 is 15.3 Å². The number of thiocarbonyl (C=S) groups is 1. The fourth-order valence-electron chi connectivity index (χ4n) is 0.743. The summed E-state index contributed by atoms with van der Waals surface area (Å²) in [6.07, 6.45) is 1.44. The van der Waals surface area contributed by atoms with Crippen molar-refractivity contribution in [3.05, 3.63) is 18.3 Å². The lowest BCUT2D eigenvalue weighted by Crippen LogP contribution is -2.35. The lowest BCUT2D eigenvalue weighted by Gasteiger charge is -2.11. The number of sulfonamides is 1. The Morgan fingerprint density at radius 1 is 1.67 bits per heavy atom. The molecule has 1 atom stereocenters. The number of rotatable bonds is 4. The van der Waals surface area contributed by atoms with Gasteiger partial charge in [-0.25, -0.2) is 8.42 Å². The molecular weight excluding hydrogens is 236 g/mol. The van der Waals surface area contributed by atoms with E-state index in [4.69, 9.17) is 5.73 Å². The minimum Gasteiger partial charge on any atom is -0.392 e. The van der Waals surface area contributed by atoms with Gasteiger partial charge in [0.05, 0.1) is 4.99 Å². The van der Waals surface area contributed by atoms with E-state index in [9.17, 15) is 8.42 Å². The summed E-state index contributed by atoms with van der Waals surface area (Å²) >= 11 is 4.61. The number of nitrogens with zero attached hydrogens (tertiary/aromatic N) is 2. The Labute approximate surface area is 92.9 Å². The van der Waals surface area contributed by atoms with Crippen LogP contribution in [0.2, 0.25) is 0 Å². The van der Waals surface area contributed by atoms with E-state index in [1.54, 1.807) is 6.07 Å². The van der Waals surface area contributed by atoms with Crippen molar-refractivity contribution in [2.75, 3.05) is 4.72 Å². The molecule has 82 valence electrons. The summed E-state index contributed by atoms with van der Waals surface area (Å²) < 4.78 is 25.4. The molecule has 0 aromatic carbocycles. The number of nitrogens with one attached hydrogen (secondary N) is 1. The Morgan fingerprint density at radius 3 is 2.80 bits per heavy atom. The fraction of sp³-hybridized carbons (Fsp3) is 0.286. The number of nitrogens with two attached hydrogens (primary N) is 1. The zero-order valence-electron chi connectivity index (χ0n) is 7.91. The molecule has 0 aliphatic heterocycles. The number of anilines is 1. The van der Waals surface area contributed by atoms with Gasteiger partial charge in [-0.05, 0) is 19.1 Å². The van der Waals surface area contributed by atoms with Gasteiger partial charge in [0.15, 0.2) is 5.82 Å². The van der Waals surface area contributed by atoms with Crippen LogP contribution < -0.4 is 10.5 Å². The molecule has 0 radical (unpaired) electrons. The van der Waals surface area contributed by atoms with E-state index in [-0.39, 0.29) is 10.8 Å². The predicted octanol–water partition coefficient (Wildman–Crippen LogP) is -0.107. The van der Waals surface area contributed by atoms with Gasteiger partial charge in [0.2, 0.25) is 10.0 Å². The summed E-state index contributed by atoms with van der Waals surface area (Å²) in [5.74, 6) is 0.139. The topological polar surface area (TPSA) is 98.0 Å². The molecule has 1 heterocycles. The molecule has 6 nitrogen and oxygen atoms in total. The average Bonchev–Trinajstić information content (AvgIpc) is 2.17. The van der Waals surface area contributed by atoms with Crippen LogP contribution in [-0.2, 0) is 10.0 Å². The highest BCUT2D eigenvalue weighted by molar-refractivity contribution is 7.95. The van der Waals surface area contributed by atoms with Gasteiger partial charge in [-0.3, -0.25) is 4.72 Å². The van der Waals surface area contributed by atoms with Crippen molar-refractivity contribution in [1.82, 2.24) is 10.2 Å². The van der Waals surface area contributed by atoms with E-state index in [1.807, 2.05) is 0 Å². The van der Waals surface area contributed by atoms with Crippen LogP contribution in [0.3, 0.4) is 0 Å². The van der Waals surface area contributed by atoms with E-state index in [0.29, 0.717) is 0 Å². The normalized spacial score (nSPS) is 13.1. The van der Waals surface area contributed by atoms with Gasteiger partial charge < -0.3 is 5.73 Å². The number of aromatic nitrogens is 2. The molecular formula is C7H10N4O2S2. The SMILES string of the molecule is CC(C(N)=S)S(=O)(=O)Nc1cccnn1. The van der Waals surface area contributed by atoms with Crippen LogP contribution in [0, 0.1) is 0 Å². The van der Waals surface area contributed by atoms with Crippen LogP contribution in [0.4, 0.5) is 5.82 Å². The van der Waals surface area contributed by atoms with Crippen LogP contribution in [0.25, 0.3) is 0 Å². The summed E-state index contributed by atoms with van der Waals surface area (Å²) in [7, 11) is -3.63. The molecule has 1 rings (SSSR count). The molecule has 0 saturated carbocycles. The first-order valence-electron chi connectivity index (χ1n) is 4.02. The smallest absolute Gasteiger partial charge is 0.243 e. The highest BCUT2D eigenvalue weighted by Crippen LogP contribution is 2.07. The third-order valence-electron chi connectivity index (χ3n) is 1.69. The van der Waals surface area contributed by atoms with E-state index in [0.717, 1.165) is 0 Å². The largest absolute Gasteiger partial charge is 0.392 e. The van der Waals surface area contributed by atoms with Gasteiger partial charge >= 0.3 is 0 Å². The first kappa shape index (κ1) is 11.8. The Balaban J connectivity index is 2.87. The van der Waals surface area contributed by atoms with Gasteiger partial charge in [-0.1, -0.05) is 12.2 Å². The van der Waals surface area contributed by atoms with Crippen molar-refractivity contribution in [2.45, 2.75) is 12.2 Å². The summed E-state index contributed by atoms with van der Waals surface area (Å²) in [4.78, 5) is -0.0913. The van der Waals surface area contributed by atoms with Crippen LogP contribution in [0.5, 0.6) is 0 Å². The monoisotopic (exact) mass is 246 g/mol. The summed E-state index contributed by atoms with van der Waals surface area (Å²) in [6, 6.07) is 3.05. The van der Waals surface area contributed by atoms with Crippen LogP contribution in [0.15, 0.2) is 18.3 Å². The summed E-state index contributed by atoms with van der Waals surface area (Å²) in [5.41, 5.74) is 5.25. The third-order valence-corrected chi connectivity index (χ3v) is 3.87. The van der Waals surface area contributed by atoms with Gasteiger partial charge in [0, 0.05) is 6.20 Å². The number of hydrogen-bond acceptors (Lipinski definition) is 5. The van der Waals surface area contributed by atoms with Crippen molar-refractivity contribution in [1.29, 1.82) is 0 Å². The lowest BCUT2D eigenvalue weighted by atomic mass is 10.5. The van der Waals surface area contributed by atoms with Crippen LogP contribution in [-0.4, -0.2) is 28.9 Å². The third kappa shape index (κ3) is 3.10. The highest BCUT2D eigenvalue weighted by atomic mass is 32.2. The molecule has 0 fully saturated rings. The highest BCUT2D eigenvalue weighted by Gasteiger charge is 2.23. The molecule has 1 aromatic heterocycles. The van der Waals surface area contributed by atoms with E-state index in [2.05, 4.69) is 27.1 Å². The van der Waals surface area contributed by atoms with Gasteiger partial charge in [-0.15, -0.1) is 5.10 Å². The Hall–Kier alpha value is -1.28. The molecule has 1 aromatic rings. The molecule has 3 N–H and O–H groups in total. The maximum atomic E-state index is 11.6. The van der Waals surface area contributed by atoms with Gasteiger partial charge in [-0.2, -0.15) is 5.10 Å². The van der Waals surface area contributed by atoms with Crippen molar-refractivity contribution < 1.29 is 8.42 Å². The zero-order chi connectivity index (χ0) is 11.5. The van der Waals surface area contributed by atoms with E-state index in [1.165, 1.54) is 19.2 Å². The number of hydrogen-bond donors (Lipinski definition) is 2. The second-order valence-electron chi connectivity index (χ2n) is 2.80. The van der Waals surface area contributed by atoms with Gasteiger partial charge in [0.1, 0.15) is 5.25 Å². The predicted molar refractivity (Wildman–Crippen MR) is 60.8 cm³/mol. The maximum Gasteiger partial charge on any atom is 0.243 e. The summed E-state index contributed by atoms with van der Waals surface area (Å²) in [6.45, 7) is 1.40.